The molecule has 21 heavy (non-hydrogen) atoms. The highest BCUT2D eigenvalue weighted by molar-refractivity contribution is 7.89. The Balaban J connectivity index is 3.18. The summed E-state index contributed by atoms with van der Waals surface area (Å²) in [5.74, 6) is -2.50. The van der Waals surface area contributed by atoms with E-state index >= 15 is 0 Å². The third-order valence-electron chi connectivity index (χ3n) is 2.94. The summed E-state index contributed by atoms with van der Waals surface area (Å²) in [6.45, 7) is 4.35. The third-order valence-corrected chi connectivity index (χ3v) is 4.32. The molecule has 0 aliphatic rings. The van der Waals surface area contributed by atoms with Crippen molar-refractivity contribution in [3.63, 3.8) is 0 Å². The third kappa shape index (κ3) is 4.23. The van der Waals surface area contributed by atoms with E-state index in [9.17, 15) is 17.6 Å². The molecule has 0 fully saturated rings. The topological polar surface area (TPSA) is 104 Å². The molecule has 3 N–H and O–H groups in total. The second-order valence-electron chi connectivity index (χ2n) is 5.55. The Hall–Kier alpha value is -1.51. The Bertz CT molecular complexity index is 655. The number of sulfonamides is 1. The molecule has 0 aromatic heterocycles. The molecule has 0 heterocycles. The van der Waals surface area contributed by atoms with Crippen LogP contribution in [-0.4, -0.2) is 37.8 Å². The Labute approximate surface area is 122 Å². The summed E-state index contributed by atoms with van der Waals surface area (Å²) in [5, 5.41) is 18.0. The summed E-state index contributed by atoms with van der Waals surface area (Å²) in [6.07, 6.45) is 0. The van der Waals surface area contributed by atoms with Crippen molar-refractivity contribution in [1.82, 2.24) is 4.72 Å². The number of carboxylic acids is 1. The maximum atomic E-state index is 13.6. The van der Waals surface area contributed by atoms with E-state index in [0.29, 0.717) is 0 Å². The van der Waals surface area contributed by atoms with E-state index in [2.05, 4.69) is 4.72 Å². The molecule has 0 saturated carbocycles. The minimum absolute atomic E-state index is 0.0370. The van der Waals surface area contributed by atoms with Crippen molar-refractivity contribution in [2.45, 2.75) is 25.7 Å². The summed E-state index contributed by atoms with van der Waals surface area (Å²) in [5.41, 5.74) is -1.44. The number of aromatic carboxylic acids is 1. The number of carboxylic acid groups (broad SMARTS) is 1. The maximum absolute atomic E-state index is 13.6. The highest BCUT2D eigenvalue weighted by atomic mass is 32.2. The van der Waals surface area contributed by atoms with Gasteiger partial charge in [0.1, 0.15) is 5.82 Å². The van der Waals surface area contributed by atoms with Crippen molar-refractivity contribution in [3.05, 3.63) is 29.1 Å². The van der Waals surface area contributed by atoms with Crippen LogP contribution in [0.5, 0.6) is 0 Å². The predicted octanol–water partition coefficient (Wildman–Crippen LogP) is 1.13. The minimum atomic E-state index is -3.99. The molecular weight excluding hydrogens is 301 g/mol. The zero-order chi connectivity index (χ0) is 16.4. The van der Waals surface area contributed by atoms with Crippen LogP contribution in [0.4, 0.5) is 4.39 Å². The fraction of sp³-hybridized carbons (Fsp3) is 0.462. The van der Waals surface area contributed by atoms with Gasteiger partial charge in [0.05, 0.1) is 10.5 Å². The van der Waals surface area contributed by atoms with Crippen LogP contribution in [-0.2, 0) is 10.0 Å². The van der Waals surface area contributed by atoms with Gasteiger partial charge in [0.15, 0.2) is 0 Å². The van der Waals surface area contributed by atoms with Crippen LogP contribution in [0.1, 0.15) is 29.8 Å². The van der Waals surface area contributed by atoms with Gasteiger partial charge in [-0.3, -0.25) is 0 Å². The number of carbonyl (C=O) groups is 1. The van der Waals surface area contributed by atoms with Crippen LogP contribution in [0.3, 0.4) is 0 Å². The van der Waals surface area contributed by atoms with E-state index in [-0.39, 0.29) is 23.6 Å². The number of hydrogen-bond donors (Lipinski definition) is 3. The van der Waals surface area contributed by atoms with E-state index in [1.165, 1.54) is 6.92 Å². The number of hydrogen-bond acceptors (Lipinski definition) is 4. The van der Waals surface area contributed by atoms with Crippen molar-refractivity contribution in [2.75, 3.05) is 13.2 Å². The molecule has 0 radical (unpaired) electrons. The van der Waals surface area contributed by atoms with Gasteiger partial charge < -0.3 is 10.2 Å². The minimum Gasteiger partial charge on any atom is -0.478 e. The van der Waals surface area contributed by atoms with Crippen molar-refractivity contribution in [2.24, 2.45) is 5.41 Å². The van der Waals surface area contributed by atoms with Crippen molar-refractivity contribution in [1.29, 1.82) is 0 Å². The second kappa shape index (κ2) is 6.08. The molecule has 118 valence electrons. The number of benzene rings is 1. The normalized spacial score (nSPS) is 12.4. The Morgan fingerprint density at radius 2 is 1.95 bits per heavy atom. The van der Waals surface area contributed by atoms with Gasteiger partial charge in [-0.1, -0.05) is 13.8 Å². The van der Waals surface area contributed by atoms with Crippen molar-refractivity contribution < 1.29 is 27.8 Å². The van der Waals surface area contributed by atoms with E-state index in [0.717, 1.165) is 12.1 Å². The molecule has 0 aliphatic carbocycles. The Morgan fingerprint density at radius 3 is 2.43 bits per heavy atom. The molecule has 8 heteroatoms. The molecule has 0 unspecified atom stereocenters. The van der Waals surface area contributed by atoms with Crippen molar-refractivity contribution >= 4 is 16.0 Å². The number of nitrogens with one attached hydrogen (secondary N) is 1. The van der Waals surface area contributed by atoms with E-state index < -0.39 is 32.8 Å². The van der Waals surface area contributed by atoms with E-state index in [1.807, 2.05) is 0 Å². The van der Waals surface area contributed by atoms with Gasteiger partial charge in [0.25, 0.3) is 0 Å². The molecule has 1 rings (SSSR count). The molecular formula is C13H18FNO5S. The molecule has 1 aromatic carbocycles. The molecule has 1 aromatic rings. The van der Waals surface area contributed by atoms with E-state index in [1.54, 1.807) is 13.8 Å². The molecule has 0 atom stereocenters. The van der Waals surface area contributed by atoms with Gasteiger partial charge in [-0.05, 0) is 24.6 Å². The first-order valence-corrected chi connectivity index (χ1v) is 7.62. The van der Waals surface area contributed by atoms with Gasteiger partial charge in [-0.15, -0.1) is 0 Å². The van der Waals surface area contributed by atoms with Crippen LogP contribution in [0.15, 0.2) is 17.0 Å². The predicted molar refractivity (Wildman–Crippen MR) is 74.2 cm³/mol. The average Bonchev–Trinajstić information content (AvgIpc) is 2.39. The first-order chi connectivity index (χ1) is 9.50. The Morgan fingerprint density at radius 1 is 1.38 bits per heavy atom. The van der Waals surface area contributed by atoms with Crippen LogP contribution < -0.4 is 4.72 Å². The zero-order valence-electron chi connectivity index (χ0n) is 12.0. The fourth-order valence-corrected chi connectivity index (χ4v) is 2.83. The summed E-state index contributed by atoms with van der Waals surface area (Å²) in [6, 6.07) is 1.84. The summed E-state index contributed by atoms with van der Waals surface area (Å²) < 4.78 is 40.1. The standard InChI is InChI=1S/C13H18FNO5S/c1-8-4-9(5-10(11(8)14)12(17)18)21(19,20)15-6-13(2,3)7-16/h4-5,15-16H,6-7H2,1-3H3,(H,17,18). The van der Waals surface area contributed by atoms with E-state index in [4.69, 9.17) is 10.2 Å². The smallest absolute Gasteiger partial charge is 0.338 e. The monoisotopic (exact) mass is 319 g/mol. The van der Waals surface area contributed by atoms with Gasteiger partial charge in [0, 0.05) is 18.6 Å². The number of aryl methyl sites for hydroxylation is 1. The number of halogens is 1. The molecule has 0 amide bonds. The van der Waals surface area contributed by atoms with Gasteiger partial charge in [-0.2, -0.15) is 0 Å². The van der Waals surface area contributed by atoms with Gasteiger partial charge >= 0.3 is 5.97 Å². The second-order valence-corrected chi connectivity index (χ2v) is 7.32. The SMILES string of the molecule is Cc1cc(S(=O)(=O)NCC(C)(C)CO)cc(C(=O)O)c1F. The van der Waals surface area contributed by atoms with Gasteiger partial charge in [0.2, 0.25) is 10.0 Å². The summed E-state index contributed by atoms with van der Waals surface area (Å²) in [4.78, 5) is 10.6. The Kier molecular flexibility index (Phi) is 5.08. The largest absolute Gasteiger partial charge is 0.478 e. The lowest BCUT2D eigenvalue weighted by Crippen LogP contribution is -2.36. The van der Waals surface area contributed by atoms with Crippen LogP contribution >= 0.6 is 0 Å². The summed E-state index contributed by atoms with van der Waals surface area (Å²) in [7, 11) is -3.99. The highest BCUT2D eigenvalue weighted by Crippen LogP contribution is 2.20. The van der Waals surface area contributed by atoms with Crippen molar-refractivity contribution in [3.8, 4) is 0 Å². The molecule has 0 bridgehead atoms. The number of aliphatic hydroxyl groups excluding tert-OH is 1. The summed E-state index contributed by atoms with van der Waals surface area (Å²) >= 11 is 0. The molecule has 0 spiro atoms. The quantitative estimate of drug-likeness (QED) is 0.729. The lowest BCUT2D eigenvalue weighted by molar-refractivity contribution is 0.0691. The first kappa shape index (κ1) is 17.5. The maximum Gasteiger partial charge on any atom is 0.338 e. The number of rotatable bonds is 6. The van der Waals surface area contributed by atoms with Crippen LogP contribution in [0, 0.1) is 18.2 Å². The van der Waals surface area contributed by atoms with Crippen LogP contribution in [0.25, 0.3) is 0 Å². The lowest BCUT2D eigenvalue weighted by atomic mass is 9.96. The fourth-order valence-electron chi connectivity index (χ4n) is 1.48. The molecule has 0 aliphatic heterocycles. The number of aliphatic hydroxyl groups is 1. The van der Waals surface area contributed by atoms with Crippen LogP contribution in [0.2, 0.25) is 0 Å². The highest BCUT2D eigenvalue weighted by Gasteiger charge is 2.24. The lowest BCUT2D eigenvalue weighted by Gasteiger charge is -2.22. The zero-order valence-corrected chi connectivity index (χ0v) is 12.8. The van der Waals surface area contributed by atoms with Gasteiger partial charge in [-0.25, -0.2) is 22.3 Å². The molecule has 0 saturated heterocycles. The molecule has 6 nitrogen and oxygen atoms in total. The first-order valence-electron chi connectivity index (χ1n) is 6.14. The average molecular weight is 319 g/mol.